The van der Waals surface area contributed by atoms with Gasteiger partial charge in [0.1, 0.15) is 4.34 Å². The van der Waals surface area contributed by atoms with Crippen LogP contribution in [0.25, 0.3) is 10.8 Å². The summed E-state index contributed by atoms with van der Waals surface area (Å²) in [7, 11) is 0. The first-order valence-electron chi connectivity index (χ1n) is 3.59. The van der Waals surface area contributed by atoms with E-state index in [1.807, 2.05) is 24.3 Å². The molecule has 0 saturated heterocycles. The van der Waals surface area contributed by atoms with E-state index >= 15 is 0 Å². The van der Waals surface area contributed by atoms with Gasteiger partial charge in [0.25, 0.3) is 0 Å². The molecule has 1 N–H and O–H groups in total. The van der Waals surface area contributed by atoms with E-state index in [1.54, 1.807) is 0 Å². The van der Waals surface area contributed by atoms with E-state index in [-0.39, 0.29) is 6.61 Å². The van der Waals surface area contributed by atoms with Crippen LogP contribution in [-0.4, -0.2) is 5.11 Å². The second kappa shape index (κ2) is 3.05. The van der Waals surface area contributed by atoms with E-state index < -0.39 is 0 Å². The van der Waals surface area contributed by atoms with Gasteiger partial charge in [-0.05, 0) is 5.39 Å². The summed E-state index contributed by atoms with van der Waals surface area (Å²) < 4.78 is 0.759. The molecule has 12 heavy (non-hydrogen) atoms. The van der Waals surface area contributed by atoms with Gasteiger partial charge in [-0.2, -0.15) is 0 Å². The Morgan fingerprint density at radius 3 is 2.58 bits per heavy atom. The molecule has 1 nitrogen and oxygen atoms in total. The van der Waals surface area contributed by atoms with Crippen molar-refractivity contribution in [3.8, 4) is 0 Å². The van der Waals surface area contributed by atoms with E-state index in [0.717, 1.165) is 20.0 Å². The molecule has 0 aliphatic heterocycles. The maximum absolute atomic E-state index is 9.00. The monoisotopic (exact) mass is 198 g/mol. The second-order valence-electron chi connectivity index (χ2n) is 2.50. The number of aliphatic hydroxyl groups excluding tert-OH is 1. The van der Waals surface area contributed by atoms with Crippen LogP contribution < -0.4 is 0 Å². The normalized spacial score (nSPS) is 10.8. The first-order chi connectivity index (χ1) is 5.83. The molecule has 0 aliphatic rings. The molecule has 0 radical (unpaired) electrons. The Morgan fingerprint density at radius 2 is 1.92 bits per heavy atom. The van der Waals surface area contributed by atoms with Gasteiger partial charge in [0.2, 0.25) is 0 Å². The Balaban J connectivity index is 2.82. The third-order valence-corrected chi connectivity index (χ3v) is 3.23. The quantitative estimate of drug-likeness (QED) is 0.747. The van der Waals surface area contributed by atoms with Gasteiger partial charge in [-0.15, -0.1) is 11.3 Å². The molecule has 0 atom stereocenters. The van der Waals surface area contributed by atoms with Crippen LogP contribution in [0.5, 0.6) is 0 Å². The SMILES string of the molecule is OCc1sc(Cl)c2ccccc12. The Bertz CT molecular complexity index is 408. The Morgan fingerprint density at radius 1 is 1.25 bits per heavy atom. The first-order valence-corrected chi connectivity index (χ1v) is 4.79. The second-order valence-corrected chi connectivity index (χ2v) is 4.21. The first kappa shape index (κ1) is 8.05. The van der Waals surface area contributed by atoms with Crippen LogP contribution in [0.4, 0.5) is 0 Å². The zero-order valence-corrected chi connectivity index (χ0v) is 7.82. The van der Waals surface area contributed by atoms with Crippen molar-refractivity contribution in [2.75, 3.05) is 0 Å². The van der Waals surface area contributed by atoms with E-state index in [9.17, 15) is 0 Å². The summed E-state index contributed by atoms with van der Waals surface area (Å²) in [5.41, 5.74) is 0. The molecule has 0 aliphatic carbocycles. The molecule has 2 rings (SSSR count). The molecule has 0 unspecified atom stereocenters. The maximum Gasteiger partial charge on any atom is 0.101 e. The maximum atomic E-state index is 9.00. The molecular formula is C9H7ClOS. The molecule has 1 aromatic carbocycles. The van der Waals surface area contributed by atoms with Crippen molar-refractivity contribution in [3.05, 3.63) is 33.5 Å². The molecule has 1 aromatic heterocycles. The smallest absolute Gasteiger partial charge is 0.101 e. The molecule has 0 spiro atoms. The molecule has 3 heteroatoms. The predicted octanol–water partition coefficient (Wildman–Crippen LogP) is 3.05. The fourth-order valence-corrected chi connectivity index (χ4v) is 2.53. The van der Waals surface area contributed by atoms with E-state index in [1.165, 1.54) is 11.3 Å². The van der Waals surface area contributed by atoms with Crippen molar-refractivity contribution >= 4 is 33.7 Å². The van der Waals surface area contributed by atoms with Crippen LogP contribution in [0.15, 0.2) is 24.3 Å². The van der Waals surface area contributed by atoms with Crippen molar-refractivity contribution in [3.63, 3.8) is 0 Å². The minimum atomic E-state index is 0.0674. The fraction of sp³-hybridized carbons (Fsp3) is 0.111. The lowest BCUT2D eigenvalue weighted by molar-refractivity contribution is 0.287. The number of aliphatic hydroxyl groups is 1. The Hall–Kier alpha value is -0.570. The summed E-state index contributed by atoms with van der Waals surface area (Å²) in [6, 6.07) is 7.84. The van der Waals surface area contributed by atoms with Gasteiger partial charge in [0, 0.05) is 10.3 Å². The largest absolute Gasteiger partial charge is 0.391 e. The molecule has 2 aromatic rings. The van der Waals surface area contributed by atoms with Gasteiger partial charge < -0.3 is 5.11 Å². The number of halogens is 1. The number of hydrogen-bond donors (Lipinski definition) is 1. The third kappa shape index (κ3) is 1.12. The molecule has 0 saturated carbocycles. The molecular weight excluding hydrogens is 192 g/mol. The fourth-order valence-electron chi connectivity index (χ4n) is 1.23. The summed E-state index contributed by atoms with van der Waals surface area (Å²) in [6.45, 7) is 0.0674. The summed E-state index contributed by atoms with van der Waals surface area (Å²) in [4.78, 5) is 0.940. The van der Waals surface area contributed by atoms with Crippen molar-refractivity contribution in [1.82, 2.24) is 0 Å². The number of thiophene rings is 1. The summed E-state index contributed by atoms with van der Waals surface area (Å²) in [5, 5.41) is 11.1. The molecule has 0 bridgehead atoms. The van der Waals surface area contributed by atoms with E-state index in [2.05, 4.69) is 0 Å². The van der Waals surface area contributed by atoms with E-state index in [4.69, 9.17) is 16.7 Å². The molecule has 1 heterocycles. The van der Waals surface area contributed by atoms with Crippen molar-refractivity contribution in [2.24, 2.45) is 0 Å². The minimum absolute atomic E-state index is 0.0674. The zero-order valence-electron chi connectivity index (χ0n) is 6.25. The lowest BCUT2D eigenvalue weighted by Crippen LogP contribution is -1.75. The highest BCUT2D eigenvalue weighted by molar-refractivity contribution is 7.18. The van der Waals surface area contributed by atoms with Gasteiger partial charge in [0.05, 0.1) is 6.61 Å². The van der Waals surface area contributed by atoms with Gasteiger partial charge >= 0.3 is 0 Å². The van der Waals surface area contributed by atoms with Gasteiger partial charge in [0.15, 0.2) is 0 Å². The molecule has 0 fully saturated rings. The highest BCUT2D eigenvalue weighted by atomic mass is 35.5. The van der Waals surface area contributed by atoms with Crippen LogP contribution >= 0.6 is 22.9 Å². The van der Waals surface area contributed by atoms with Crippen LogP contribution in [-0.2, 0) is 6.61 Å². The number of fused-ring (bicyclic) bond motifs is 1. The van der Waals surface area contributed by atoms with Crippen molar-refractivity contribution in [1.29, 1.82) is 0 Å². The zero-order chi connectivity index (χ0) is 8.55. The lowest BCUT2D eigenvalue weighted by atomic mass is 10.2. The molecule has 0 amide bonds. The Labute approximate surface area is 79.2 Å². The topological polar surface area (TPSA) is 20.2 Å². The van der Waals surface area contributed by atoms with Gasteiger partial charge in [-0.25, -0.2) is 0 Å². The van der Waals surface area contributed by atoms with Gasteiger partial charge in [-0.1, -0.05) is 35.9 Å². The number of rotatable bonds is 1. The van der Waals surface area contributed by atoms with Crippen LogP contribution in [0.2, 0.25) is 4.34 Å². The third-order valence-electron chi connectivity index (χ3n) is 1.80. The van der Waals surface area contributed by atoms with Crippen molar-refractivity contribution in [2.45, 2.75) is 6.61 Å². The minimum Gasteiger partial charge on any atom is -0.391 e. The standard InChI is InChI=1S/C9H7ClOS/c10-9-7-4-2-1-3-6(7)8(5-11)12-9/h1-4,11H,5H2. The highest BCUT2D eigenvalue weighted by Crippen LogP contribution is 2.34. The number of hydrogen-bond acceptors (Lipinski definition) is 2. The van der Waals surface area contributed by atoms with Crippen molar-refractivity contribution < 1.29 is 5.11 Å². The van der Waals surface area contributed by atoms with Crippen LogP contribution in [0.3, 0.4) is 0 Å². The van der Waals surface area contributed by atoms with Crippen LogP contribution in [0, 0.1) is 0 Å². The Kier molecular flexibility index (Phi) is 2.05. The summed E-state index contributed by atoms with van der Waals surface area (Å²) in [5.74, 6) is 0. The van der Waals surface area contributed by atoms with E-state index in [0.29, 0.717) is 0 Å². The lowest BCUT2D eigenvalue weighted by Gasteiger charge is -1.90. The highest BCUT2D eigenvalue weighted by Gasteiger charge is 2.06. The molecule has 62 valence electrons. The van der Waals surface area contributed by atoms with Crippen LogP contribution in [0.1, 0.15) is 4.88 Å². The summed E-state index contributed by atoms with van der Waals surface area (Å²) >= 11 is 7.41. The summed E-state index contributed by atoms with van der Waals surface area (Å²) in [6.07, 6.45) is 0. The predicted molar refractivity (Wildman–Crippen MR) is 52.8 cm³/mol. The number of benzene rings is 1. The average molecular weight is 199 g/mol. The average Bonchev–Trinajstić information content (AvgIpc) is 2.44. The van der Waals surface area contributed by atoms with Gasteiger partial charge in [-0.3, -0.25) is 0 Å².